The molecule has 2 aromatic carbocycles. The lowest BCUT2D eigenvalue weighted by molar-refractivity contribution is -0.123. The molecule has 0 aliphatic heterocycles. The van der Waals surface area contributed by atoms with Crippen LogP contribution in [0.25, 0.3) is 10.8 Å². The number of carbonyl (C=O) groups excluding carboxylic acids is 2. The Morgan fingerprint density at radius 1 is 1.10 bits per heavy atom. The summed E-state index contributed by atoms with van der Waals surface area (Å²) in [7, 11) is 0. The van der Waals surface area contributed by atoms with E-state index < -0.39 is 18.0 Å². The second-order valence-corrected chi connectivity index (χ2v) is 8.09. The molecule has 1 heterocycles. The minimum absolute atomic E-state index is 0.0231. The average molecular weight is 486 g/mol. The zero-order chi connectivity index (χ0) is 22.4. The quantitative estimate of drug-likeness (QED) is 0.373. The molecule has 0 spiro atoms. The zero-order valence-electron chi connectivity index (χ0n) is 17.4. The van der Waals surface area contributed by atoms with Gasteiger partial charge >= 0.3 is 5.97 Å². The van der Waals surface area contributed by atoms with Gasteiger partial charge in [-0.2, -0.15) is 5.10 Å². The van der Waals surface area contributed by atoms with E-state index >= 15 is 0 Å². The zero-order valence-corrected chi connectivity index (χ0v) is 19.0. The molecule has 3 rings (SSSR count). The first-order valence-electron chi connectivity index (χ1n) is 10.2. The lowest BCUT2D eigenvalue weighted by Crippen LogP contribution is -2.32. The molecule has 0 aliphatic rings. The molecule has 1 amide bonds. The Bertz CT molecular complexity index is 1140. The van der Waals surface area contributed by atoms with E-state index in [2.05, 4.69) is 33.3 Å². The molecular formula is C23H24BrN3O4. The van der Waals surface area contributed by atoms with Crippen LogP contribution in [0.2, 0.25) is 0 Å². The van der Waals surface area contributed by atoms with Crippen molar-refractivity contribution in [3.05, 3.63) is 69.1 Å². The van der Waals surface area contributed by atoms with Crippen LogP contribution >= 0.6 is 15.9 Å². The van der Waals surface area contributed by atoms with Gasteiger partial charge in [-0.05, 0) is 43.7 Å². The number of esters is 1. The van der Waals surface area contributed by atoms with Gasteiger partial charge in [-0.3, -0.25) is 9.59 Å². The summed E-state index contributed by atoms with van der Waals surface area (Å²) in [5, 5.41) is 7.78. The summed E-state index contributed by atoms with van der Waals surface area (Å²) in [4.78, 5) is 38.1. The van der Waals surface area contributed by atoms with Crippen LogP contribution in [0.1, 0.15) is 43.6 Å². The Morgan fingerprint density at radius 2 is 1.77 bits per heavy atom. The van der Waals surface area contributed by atoms with Crippen molar-refractivity contribution in [3.63, 3.8) is 0 Å². The molecule has 0 fully saturated rings. The molecule has 0 bridgehead atoms. The lowest BCUT2D eigenvalue weighted by Gasteiger charge is -2.15. The van der Waals surface area contributed by atoms with Crippen LogP contribution in [0.15, 0.2) is 57.8 Å². The topological polar surface area (TPSA) is 90.3 Å². The molecule has 1 atom stereocenters. The van der Waals surface area contributed by atoms with E-state index in [1.807, 2.05) is 0 Å². The van der Waals surface area contributed by atoms with Crippen molar-refractivity contribution >= 4 is 44.3 Å². The highest BCUT2D eigenvalue weighted by atomic mass is 79.9. The molecule has 0 saturated carbocycles. The first-order valence-corrected chi connectivity index (χ1v) is 11.0. The maximum absolute atomic E-state index is 12.9. The standard InChI is InChI=1S/C23H24BrN3O4/c1-3-4-7-14-27-22(29)19-9-6-5-8-18(19)20(26-27)23(30)31-15(2)21(28)25-17-12-10-16(24)11-13-17/h5-6,8-13,15H,3-4,7,14H2,1-2H3,(H,25,28). The van der Waals surface area contributed by atoms with Crippen molar-refractivity contribution in [1.29, 1.82) is 0 Å². The third kappa shape index (κ3) is 5.58. The smallest absolute Gasteiger partial charge is 0.360 e. The molecule has 31 heavy (non-hydrogen) atoms. The number of halogens is 1. The summed E-state index contributed by atoms with van der Waals surface area (Å²) in [6, 6.07) is 13.8. The van der Waals surface area contributed by atoms with Crippen molar-refractivity contribution in [2.24, 2.45) is 0 Å². The van der Waals surface area contributed by atoms with Crippen LogP contribution in [0.3, 0.4) is 0 Å². The van der Waals surface area contributed by atoms with Gasteiger partial charge in [0.25, 0.3) is 11.5 Å². The summed E-state index contributed by atoms with van der Waals surface area (Å²) in [6.45, 7) is 3.98. The number of fused-ring (bicyclic) bond motifs is 1. The van der Waals surface area contributed by atoms with Gasteiger partial charge < -0.3 is 10.1 Å². The van der Waals surface area contributed by atoms with E-state index in [0.29, 0.717) is 23.0 Å². The number of carbonyl (C=O) groups is 2. The van der Waals surface area contributed by atoms with Gasteiger partial charge in [0.05, 0.1) is 5.39 Å². The molecule has 162 valence electrons. The van der Waals surface area contributed by atoms with Crippen molar-refractivity contribution in [2.75, 3.05) is 5.32 Å². The fourth-order valence-corrected chi connectivity index (χ4v) is 3.36. The summed E-state index contributed by atoms with van der Waals surface area (Å²) < 4.78 is 7.58. The van der Waals surface area contributed by atoms with E-state index in [1.165, 1.54) is 11.6 Å². The summed E-state index contributed by atoms with van der Waals surface area (Å²) in [5.74, 6) is -1.21. The summed E-state index contributed by atoms with van der Waals surface area (Å²) in [6.07, 6.45) is 1.69. The number of aryl methyl sites for hydroxylation is 1. The number of hydrogen-bond acceptors (Lipinski definition) is 5. The summed E-state index contributed by atoms with van der Waals surface area (Å²) in [5.41, 5.74) is 0.364. The van der Waals surface area contributed by atoms with Crippen LogP contribution < -0.4 is 10.9 Å². The first kappa shape index (κ1) is 22.7. The van der Waals surface area contributed by atoms with Gasteiger partial charge in [-0.15, -0.1) is 0 Å². The van der Waals surface area contributed by atoms with Gasteiger partial charge in [0, 0.05) is 22.1 Å². The van der Waals surface area contributed by atoms with Gasteiger partial charge in [-0.25, -0.2) is 9.48 Å². The molecule has 0 saturated heterocycles. The average Bonchev–Trinajstić information content (AvgIpc) is 2.77. The largest absolute Gasteiger partial charge is 0.448 e. The summed E-state index contributed by atoms with van der Waals surface area (Å²) >= 11 is 3.34. The first-order chi connectivity index (χ1) is 14.9. The number of hydrogen-bond donors (Lipinski definition) is 1. The number of nitrogens with one attached hydrogen (secondary N) is 1. The number of ether oxygens (including phenoxy) is 1. The maximum Gasteiger partial charge on any atom is 0.360 e. The molecular weight excluding hydrogens is 462 g/mol. The number of benzene rings is 2. The van der Waals surface area contributed by atoms with Crippen LogP contribution in [0, 0.1) is 0 Å². The normalized spacial score (nSPS) is 11.8. The van der Waals surface area contributed by atoms with Gasteiger partial charge in [0.1, 0.15) is 0 Å². The number of amides is 1. The minimum atomic E-state index is -1.04. The van der Waals surface area contributed by atoms with E-state index in [4.69, 9.17) is 4.74 Å². The van der Waals surface area contributed by atoms with E-state index in [0.717, 1.165) is 23.7 Å². The van der Waals surface area contributed by atoms with Gasteiger partial charge in [0.15, 0.2) is 11.8 Å². The fraction of sp³-hybridized carbons (Fsp3) is 0.304. The number of nitrogens with zero attached hydrogens (tertiary/aromatic N) is 2. The van der Waals surface area contributed by atoms with Crippen LogP contribution in [-0.2, 0) is 16.1 Å². The highest BCUT2D eigenvalue weighted by Gasteiger charge is 2.23. The predicted molar refractivity (Wildman–Crippen MR) is 123 cm³/mol. The second-order valence-electron chi connectivity index (χ2n) is 7.17. The number of anilines is 1. The van der Waals surface area contributed by atoms with Crippen LogP contribution in [0.5, 0.6) is 0 Å². The monoisotopic (exact) mass is 485 g/mol. The highest BCUT2D eigenvalue weighted by Crippen LogP contribution is 2.17. The van der Waals surface area contributed by atoms with Crippen molar-refractivity contribution in [2.45, 2.75) is 45.8 Å². The van der Waals surface area contributed by atoms with Gasteiger partial charge in [0.2, 0.25) is 0 Å². The highest BCUT2D eigenvalue weighted by molar-refractivity contribution is 9.10. The number of unbranched alkanes of at least 4 members (excludes halogenated alkanes) is 2. The van der Waals surface area contributed by atoms with Crippen molar-refractivity contribution < 1.29 is 14.3 Å². The maximum atomic E-state index is 12.9. The van der Waals surface area contributed by atoms with Crippen LogP contribution in [0.4, 0.5) is 5.69 Å². The van der Waals surface area contributed by atoms with E-state index in [-0.39, 0.29) is 11.3 Å². The fourth-order valence-electron chi connectivity index (χ4n) is 3.10. The molecule has 1 N–H and O–H groups in total. The second kappa shape index (κ2) is 10.3. The van der Waals surface area contributed by atoms with E-state index in [9.17, 15) is 14.4 Å². The third-order valence-electron chi connectivity index (χ3n) is 4.80. The van der Waals surface area contributed by atoms with E-state index in [1.54, 1.807) is 48.5 Å². The molecule has 1 aromatic heterocycles. The Balaban J connectivity index is 1.82. The number of aromatic nitrogens is 2. The molecule has 8 heteroatoms. The van der Waals surface area contributed by atoms with Crippen LogP contribution in [-0.4, -0.2) is 27.8 Å². The minimum Gasteiger partial charge on any atom is -0.448 e. The number of rotatable bonds is 8. The molecule has 0 radical (unpaired) electrons. The Morgan fingerprint density at radius 3 is 2.45 bits per heavy atom. The third-order valence-corrected chi connectivity index (χ3v) is 5.33. The predicted octanol–water partition coefficient (Wildman–Crippen LogP) is 4.53. The molecule has 1 unspecified atom stereocenters. The van der Waals surface area contributed by atoms with Crippen molar-refractivity contribution in [3.8, 4) is 0 Å². The lowest BCUT2D eigenvalue weighted by atomic mass is 10.1. The Kier molecular flexibility index (Phi) is 7.57. The SMILES string of the molecule is CCCCCn1nc(C(=O)OC(C)C(=O)Nc2ccc(Br)cc2)c2ccccc2c1=O. The Hall–Kier alpha value is -3.00. The Labute approximate surface area is 188 Å². The molecule has 0 aliphatic carbocycles. The molecule has 3 aromatic rings. The van der Waals surface area contributed by atoms with Crippen molar-refractivity contribution in [1.82, 2.24) is 9.78 Å². The van der Waals surface area contributed by atoms with Gasteiger partial charge in [-0.1, -0.05) is 53.9 Å². The molecule has 7 nitrogen and oxygen atoms in total.